The van der Waals surface area contributed by atoms with Gasteiger partial charge in [-0.3, -0.25) is 0 Å². The molecular weight excluding hydrogens is 352 g/mol. The molecule has 1 heterocycles. The lowest BCUT2D eigenvalue weighted by Gasteiger charge is -2.13. The summed E-state index contributed by atoms with van der Waals surface area (Å²) in [5.74, 6) is 0.416. The van der Waals surface area contributed by atoms with Crippen LogP contribution in [-0.2, 0) is 16.6 Å². The van der Waals surface area contributed by atoms with Crippen molar-refractivity contribution >= 4 is 20.9 Å². The maximum Gasteiger partial charge on any atom is 0.268 e. The Kier molecular flexibility index (Phi) is 4.48. The number of rotatable bonds is 4. The molecule has 0 spiro atoms. The molecule has 26 heavy (non-hydrogen) atoms. The molecular formula is C19H18N2O4S. The Morgan fingerprint density at radius 2 is 1.88 bits per heavy atom. The molecule has 0 fully saturated rings. The number of aliphatic hydroxyl groups excluding tert-OH is 1. The maximum atomic E-state index is 13.2. The first-order valence-electron chi connectivity index (χ1n) is 7.89. The van der Waals surface area contributed by atoms with Crippen molar-refractivity contribution in [3.8, 4) is 11.8 Å². The van der Waals surface area contributed by atoms with Gasteiger partial charge in [-0.2, -0.15) is 5.26 Å². The van der Waals surface area contributed by atoms with E-state index in [1.54, 1.807) is 25.1 Å². The highest BCUT2D eigenvalue weighted by Crippen LogP contribution is 2.36. The van der Waals surface area contributed by atoms with E-state index in [0.717, 1.165) is 9.54 Å². The first kappa shape index (κ1) is 18.0. The topological polar surface area (TPSA) is 92.3 Å². The lowest BCUT2D eigenvalue weighted by atomic mass is 10.0. The Morgan fingerprint density at radius 1 is 1.23 bits per heavy atom. The fourth-order valence-corrected chi connectivity index (χ4v) is 4.50. The van der Waals surface area contributed by atoms with E-state index in [2.05, 4.69) is 0 Å². The van der Waals surface area contributed by atoms with Crippen LogP contribution in [0.2, 0.25) is 0 Å². The summed E-state index contributed by atoms with van der Waals surface area (Å²) in [6.45, 7) is 3.25. The Morgan fingerprint density at radius 3 is 2.42 bits per heavy atom. The van der Waals surface area contributed by atoms with Gasteiger partial charge in [0, 0.05) is 17.1 Å². The average Bonchev–Trinajstić information content (AvgIpc) is 3.03. The molecule has 0 aliphatic carbocycles. The summed E-state index contributed by atoms with van der Waals surface area (Å²) in [6, 6.07) is 10.2. The van der Waals surface area contributed by atoms with E-state index in [4.69, 9.17) is 4.74 Å². The van der Waals surface area contributed by atoms with Gasteiger partial charge in [0.25, 0.3) is 10.0 Å². The molecule has 0 saturated carbocycles. The first-order chi connectivity index (χ1) is 12.3. The number of methoxy groups -OCH3 is 1. The standard InChI is InChI=1S/C19H18N2O4S/c1-12-4-6-15(7-5-12)26(23,24)21-10-14(9-20)18-16(11-22)17(25-3)8-13(2)19(18)21/h4-8,10,22H,11H2,1-3H3. The number of hydrogen-bond donors (Lipinski definition) is 1. The van der Waals surface area contributed by atoms with Gasteiger partial charge in [-0.25, -0.2) is 12.4 Å². The minimum atomic E-state index is -3.90. The van der Waals surface area contributed by atoms with Gasteiger partial charge >= 0.3 is 0 Å². The van der Waals surface area contributed by atoms with Crippen LogP contribution in [-0.4, -0.2) is 24.6 Å². The van der Waals surface area contributed by atoms with Crippen LogP contribution in [0.15, 0.2) is 41.4 Å². The van der Waals surface area contributed by atoms with Crippen molar-refractivity contribution in [1.29, 1.82) is 5.26 Å². The van der Waals surface area contributed by atoms with Crippen LogP contribution in [0.1, 0.15) is 22.3 Å². The molecule has 0 aliphatic heterocycles. The van der Waals surface area contributed by atoms with Crippen LogP contribution >= 0.6 is 0 Å². The zero-order chi connectivity index (χ0) is 19.1. The minimum Gasteiger partial charge on any atom is -0.496 e. The molecule has 0 aliphatic rings. The fraction of sp³-hybridized carbons (Fsp3) is 0.211. The van der Waals surface area contributed by atoms with Crippen LogP contribution in [0.5, 0.6) is 5.75 Å². The molecule has 3 aromatic rings. The molecule has 3 rings (SSSR count). The molecule has 0 bridgehead atoms. The smallest absolute Gasteiger partial charge is 0.268 e. The van der Waals surface area contributed by atoms with Crippen LogP contribution < -0.4 is 4.74 Å². The van der Waals surface area contributed by atoms with Crippen molar-refractivity contribution in [2.45, 2.75) is 25.3 Å². The third kappa shape index (κ3) is 2.64. The molecule has 0 unspecified atom stereocenters. The monoisotopic (exact) mass is 370 g/mol. The van der Waals surface area contributed by atoms with E-state index >= 15 is 0 Å². The van der Waals surface area contributed by atoms with Crippen molar-refractivity contribution in [3.05, 3.63) is 58.8 Å². The zero-order valence-electron chi connectivity index (χ0n) is 14.6. The second-order valence-electron chi connectivity index (χ2n) is 6.02. The van der Waals surface area contributed by atoms with Gasteiger partial charge in [0.1, 0.15) is 11.8 Å². The average molecular weight is 370 g/mol. The van der Waals surface area contributed by atoms with E-state index in [1.807, 2.05) is 13.0 Å². The first-order valence-corrected chi connectivity index (χ1v) is 9.34. The van der Waals surface area contributed by atoms with Crippen molar-refractivity contribution in [2.75, 3.05) is 7.11 Å². The van der Waals surface area contributed by atoms with Gasteiger partial charge in [0.15, 0.2) is 0 Å². The molecule has 0 atom stereocenters. The highest BCUT2D eigenvalue weighted by atomic mass is 32.2. The van der Waals surface area contributed by atoms with E-state index < -0.39 is 10.0 Å². The fourth-order valence-electron chi connectivity index (χ4n) is 3.07. The van der Waals surface area contributed by atoms with Crippen molar-refractivity contribution in [1.82, 2.24) is 3.97 Å². The number of aliphatic hydroxyl groups is 1. The number of ether oxygens (including phenoxy) is 1. The number of benzene rings is 2. The summed E-state index contributed by atoms with van der Waals surface area (Å²) in [5.41, 5.74) is 2.50. The molecule has 0 saturated heterocycles. The van der Waals surface area contributed by atoms with Crippen LogP contribution in [0, 0.1) is 25.2 Å². The number of fused-ring (bicyclic) bond motifs is 1. The molecule has 1 aromatic heterocycles. The van der Waals surface area contributed by atoms with Gasteiger partial charge in [0.2, 0.25) is 0 Å². The Balaban J connectivity index is 2.42. The number of nitriles is 1. The number of nitrogens with zero attached hydrogens (tertiary/aromatic N) is 2. The third-order valence-electron chi connectivity index (χ3n) is 4.37. The summed E-state index contributed by atoms with van der Waals surface area (Å²) < 4.78 is 32.7. The minimum absolute atomic E-state index is 0.130. The second-order valence-corrected chi connectivity index (χ2v) is 7.84. The highest BCUT2D eigenvalue weighted by molar-refractivity contribution is 7.90. The summed E-state index contributed by atoms with van der Waals surface area (Å²) in [7, 11) is -2.43. The van der Waals surface area contributed by atoms with Crippen LogP contribution in [0.4, 0.5) is 0 Å². The quantitative estimate of drug-likeness (QED) is 0.762. The van der Waals surface area contributed by atoms with E-state index in [-0.39, 0.29) is 17.1 Å². The molecule has 6 nitrogen and oxygen atoms in total. The van der Waals surface area contributed by atoms with Gasteiger partial charge in [-0.1, -0.05) is 17.7 Å². The highest BCUT2D eigenvalue weighted by Gasteiger charge is 2.25. The SMILES string of the molecule is COc1cc(C)c2c(c(C#N)cn2S(=O)(=O)c2ccc(C)cc2)c1CO. The summed E-state index contributed by atoms with van der Waals surface area (Å²) in [5, 5.41) is 19.7. The summed E-state index contributed by atoms with van der Waals surface area (Å²) in [6.07, 6.45) is 1.30. The van der Waals surface area contributed by atoms with Gasteiger partial charge in [-0.05, 0) is 37.6 Å². The normalized spacial score (nSPS) is 11.5. The van der Waals surface area contributed by atoms with E-state index in [1.165, 1.54) is 25.4 Å². The third-order valence-corrected chi connectivity index (χ3v) is 6.04. The number of aryl methyl sites for hydroxylation is 2. The molecule has 2 aromatic carbocycles. The Hall–Kier alpha value is -2.82. The van der Waals surface area contributed by atoms with Crippen molar-refractivity contribution < 1.29 is 18.3 Å². The Labute approximate surface area is 151 Å². The zero-order valence-corrected chi connectivity index (χ0v) is 15.5. The van der Waals surface area contributed by atoms with Gasteiger partial charge < -0.3 is 9.84 Å². The summed E-state index contributed by atoms with van der Waals surface area (Å²) in [4.78, 5) is 0.130. The predicted molar refractivity (Wildman–Crippen MR) is 97.6 cm³/mol. The number of hydrogen-bond acceptors (Lipinski definition) is 5. The summed E-state index contributed by atoms with van der Waals surface area (Å²) >= 11 is 0. The van der Waals surface area contributed by atoms with E-state index in [0.29, 0.717) is 27.8 Å². The lowest BCUT2D eigenvalue weighted by molar-refractivity contribution is 0.275. The van der Waals surface area contributed by atoms with Crippen molar-refractivity contribution in [2.24, 2.45) is 0 Å². The number of aromatic nitrogens is 1. The second kappa shape index (κ2) is 6.48. The van der Waals surface area contributed by atoms with Gasteiger partial charge in [-0.15, -0.1) is 0 Å². The largest absolute Gasteiger partial charge is 0.496 e. The molecule has 7 heteroatoms. The van der Waals surface area contributed by atoms with Gasteiger partial charge in [0.05, 0.1) is 29.7 Å². The van der Waals surface area contributed by atoms with Crippen molar-refractivity contribution in [3.63, 3.8) is 0 Å². The maximum absolute atomic E-state index is 13.2. The lowest BCUT2D eigenvalue weighted by Crippen LogP contribution is -2.12. The van der Waals surface area contributed by atoms with Crippen LogP contribution in [0.25, 0.3) is 10.9 Å². The van der Waals surface area contributed by atoms with Crippen LogP contribution in [0.3, 0.4) is 0 Å². The molecule has 1 N–H and O–H groups in total. The predicted octanol–water partition coefficient (Wildman–Crippen LogP) is 2.87. The molecule has 0 radical (unpaired) electrons. The van der Waals surface area contributed by atoms with E-state index in [9.17, 15) is 18.8 Å². The Bertz CT molecular complexity index is 1140. The molecule has 134 valence electrons. The molecule has 0 amide bonds.